The summed E-state index contributed by atoms with van der Waals surface area (Å²) in [6.45, 7) is 3.82. The number of aryl methyl sites for hydroxylation is 1. The van der Waals surface area contributed by atoms with Crippen molar-refractivity contribution in [1.82, 2.24) is 4.90 Å². The number of benzene rings is 2. The molecule has 0 aromatic heterocycles. The molecule has 2 amide bonds. The predicted molar refractivity (Wildman–Crippen MR) is 121 cm³/mol. The van der Waals surface area contributed by atoms with E-state index >= 15 is 0 Å². The van der Waals surface area contributed by atoms with Gasteiger partial charge in [-0.15, -0.1) is 0 Å². The van der Waals surface area contributed by atoms with Gasteiger partial charge in [-0.2, -0.15) is 0 Å². The van der Waals surface area contributed by atoms with Crippen LogP contribution in [-0.2, 0) is 26.2 Å². The lowest BCUT2D eigenvalue weighted by Crippen LogP contribution is -2.30. The lowest BCUT2D eigenvalue weighted by molar-refractivity contribution is -0.140. The monoisotopic (exact) mass is 456 g/mol. The van der Waals surface area contributed by atoms with E-state index in [0.717, 1.165) is 36.8 Å². The van der Waals surface area contributed by atoms with Gasteiger partial charge in [-0.3, -0.25) is 19.2 Å². The zero-order valence-electron chi connectivity index (χ0n) is 18.6. The van der Waals surface area contributed by atoms with Gasteiger partial charge in [0.15, 0.2) is 0 Å². The van der Waals surface area contributed by atoms with Gasteiger partial charge in [0.05, 0.1) is 31.2 Å². The van der Waals surface area contributed by atoms with Crippen molar-refractivity contribution in [2.24, 2.45) is 11.8 Å². The first-order valence-corrected chi connectivity index (χ1v) is 12.3. The molecule has 2 aromatic carbocycles. The lowest BCUT2D eigenvalue weighted by Gasteiger charge is -2.19. The van der Waals surface area contributed by atoms with Gasteiger partial charge < -0.3 is 4.74 Å². The van der Waals surface area contributed by atoms with E-state index < -0.39 is 10.0 Å². The molecule has 2 aromatic rings. The number of hydrogen-bond donors (Lipinski definition) is 1. The minimum absolute atomic E-state index is 0.0325. The first-order valence-electron chi connectivity index (χ1n) is 10.8. The number of ether oxygens (including phenoxy) is 1. The van der Waals surface area contributed by atoms with Crippen molar-refractivity contribution in [2.45, 2.75) is 51.0 Å². The smallest absolute Gasteiger partial charge is 0.265 e. The second-order valence-electron chi connectivity index (χ2n) is 8.60. The number of carbonyl (C=O) groups excluding carboxylic acids is 2. The fourth-order valence-electron chi connectivity index (χ4n) is 4.66. The zero-order chi connectivity index (χ0) is 23.0. The van der Waals surface area contributed by atoms with Crippen molar-refractivity contribution in [1.29, 1.82) is 0 Å². The number of nitrogens with one attached hydrogen (secondary N) is 1. The number of rotatable bonds is 6. The highest BCUT2D eigenvalue weighted by Gasteiger charge is 2.47. The van der Waals surface area contributed by atoms with E-state index in [9.17, 15) is 18.0 Å². The molecule has 2 aliphatic rings. The van der Waals surface area contributed by atoms with Crippen LogP contribution in [0.4, 0.5) is 5.69 Å². The summed E-state index contributed by atoms with van der Waals surface area (Å²) < 4.78 is 34.4. The molecule has 2 atom stereocenters. The van der Waals surface area contributed by atoms with Gasteiger partial charge >= 0.3 is 0 Å². The van der Waals surface area contributed by atoms with Gasteiger partial charge in [-0.05, 0) is 61.6 Å². The van der Waals surface area contributed by atoms with Gasteiger partial charge in [-0.25, -0.2) is 8.42 Å². The number of anilines is 1. The third kappa shape index (κ3) is 3.99. The fraction of sp³-hybridized carbons (Fsp3) is 0.417. The molecule has 1 heterocycles. The molecule has 1 saturated carbocycles. The van der Waals surface area contributed by atoms with E-state index in [1.807, 2.05) is 19.9 Å². The number of nitrogens with zero attached hydrogens (tertiary/aromatic N) is 1. The van der Waals surface area contributed by atoms with Gasteiger partial charge in [0.25, 0.3) is 10.0 Å². The van der Waals surface area contributed by atoms with Crippen molar-refractivity contribution in [3.05, 3.63) is 53.1 Å². The largest absolute Gasteiger partial charge is 0.495 e. The third-order valence-electron chi connectivity index (χ3n) is 6.64. The summed E-state index contributed by atoms with van der Waals surface area (Å²) in [5.41, 5.74) is 2.86. The van der Waals surface area contributed by atoms with Gasteiger partial charge in [-0.1, -0.05) is 31.0 Å². The van der Waals surface area contributed by atoms with Crippen LogP contribution in [-0.4, -0.2) is 32.2 Å². The van der Waals surface area contributed by atoms with Crippen molar-refractivity contribution in [3.8, 4) is 5.75 Å². The Kier molecular flexibility index (Phi) is 5.99. The molecule has 32 heavy (non-hydrogen) atoms. The average molecular weight is 457 g/mol. The van der Waals surface area contributed by atoms with Crippen LogP contribution in [0.5, 0.6) is 5.75 Å². The molecular weight excluding hydrogens is 428 g/mol. The number of fused-ring (bicyclic) bond motifs is 1. The molecule has 0 radical (unpaired) electrons. The standard InChI is InChI=1S/C24H28N2O5S/c1-15-7-6-10-20(16(15)2)25-32(29,30)22-13-17(11-12-21(22)31-3)14-26-23(27)18-8-4-5-9-19(18)24(26)28/h6-7,10-13,18-19,25H,4-5,8-9,14H2,1-3H3/t18-,19-/m1/s1. The normalized spacial score (nSPS) is 20.9. The second-order valence-corrected chi connectivity index (χ2v) is 10.2. The quantitative estimate of drug-likeness (QED) is 0.668. The van der Waals surface area contributed by atoms with Gasteiger partial charge in [0, 0.05) is 0 Å². The maximum atomic E-state index is 13.2. The van der Waals surface area contributed by atoms with E-state index in [-0.39, 0.29) is 40.8 Å². The number of hydrogen-bond acceptors (Lipinski definition) is 5. The van der Waals surface area contributed by atoms with Crippen LogP contribution in [0, 0.1) is 25.7 Å². The molecule has 7 nitrogen and oxygen atoms in total. The van der Waals surface area contributed by atoms with Crippen LogP contribution < -0.4 is 9.46 Å². The minimum Gasteiger partial charge on any atom is -0.495 e. The number of methoxy groups -OCH3 is 1. The van der Waals surface area contributed by atoms with E-state index in [1.54, 1.807) is 24.3 Å². The number of likely N-dealkylation sites (tertiary alicyclic amines) is 1. The Morgan fingerprint density at radius 3 is 2.31 bits per heavy atom. The summed E-state index contributed by atoms with van der Waals surface area (Å²) in [6, 6.07) is 10.1. The first kappa shape index (κ1) is 22.3. The Morgan fingerprint density at radius 1 is 1.03 bits per heavy atom. The number of amides is 2. The van der Waals surface area contributed by atoms with E-state index in [2.05, 4.69) is 4.72 Å². The zero-order valence-corrected chi connectivity index (χ0v) is 19.4. The Morgan fingerprint density at radius 2 is 1.69 bits per heavy atom. The summed E-state index contributed by atoms with van der Waals surface area (Å²) >= 11 is 0. The Hall–Kier alpha value is -2.87. The molecule has 2 fully saturated rings. The summed E-state index contributed by atoms with van der Waals surface area (Å²) in [7, 11) is -2.56. The van der Waals surface area contributed by atoms with Crippen molar-refractivity contribution < 1.29 is 22.7 Å². The van der Waals surface area contributed by atoms with Gasteiger partial charge in [0.1, 0.15) is 10.6 Å². The molecule has 0 bridgehead atoms. The fourth-order valence-corrected chi connectivity index (χ4v) is 6.00. The van der Waals surface area contributed by atoms with Crippen LogP contribution in [0.1, 0.15) is 42.4 Å². The molecule has 0 spiro atoms. The number of sulfonamides is 1. The van der Waals surface area contributed by atoms with E-state index in [1.165, 1.54) is 18.1 Å². The van der Waals surface area contributed by atoms with Crippen LogP contribution in [0.2, 0.25) is 0 Å². The number of imide groups is 1. The van der Waals surface area contributed by atoms with Crippen molar-refractivity contribution in [3.63, 3.8) is 0 Å². The highest BCUT2D eigenvalue weighted by Crippen LogP contribution is 2.39. The molecule has 8 heteroatoms. The molecule has 1 saturated heterocycles. The summed E-state index contributed by atoms with van der Waals surface area (Å²) in [5, 5.41) is 0. The molecule has 170 valence electrons. The second kappa shape index (κ2) is 8.58. The highest BCUT2D eigenvalue weighted by molar-refractivity contribution is 7.92. The topological polar surface area (TPSA) is 92.8 Å². The molecule has 1 aliphatic heterocycles. The van der Waals surface area contributed by atoms with E-state index in [0.29, 0.717) is 11.3 Å². The summed E-state index contributed by atoms with van der Waals surface area (Å²) in [5.74, 6) is -0.562. The summed E-state index contributed by atoms with van der Waals surface area (Å²) in [4.78, 5) is 26.9. The number of carbonyl (C=O) groups is 2. The van der Waals surface area contributed by atoms with Crippen LogP contribution in [0.15, 0.2) is 41.3 Å². The average Bonchev–Trinajstić information content (AvgIpc) is 3.02. The Bertz CT molecular complexity index is 1150. The van der Waals surface area contributed by atoms with Crippen LogP contribution in [0.3, 0.4) is 0 Å². The molecule has 1 N–H and O–H groups in total. The van der Waals surface area contributed by atoms with Crippen molar-refractivity contribution in [2.75, 3.05) is 11.8 Å². The third-order valence-corrected chi connectivity index (χ3v) is 8.03. The van der Waals surface area contributed by atoms with Gasteiger partial charge in [0.2, 0.25) is 11.8 Å². The maximum Gasteiger partial charge on any atom is 0.265 e. The summed E-state index contributed by atoms with van der Waals surface area (Å²) in [6.07, 6.45) is 3.41. The molecule has 1 aliphatic carbocycles. The molecule has 0 unspecified atom stereocenters. The molecular formula is C24H28N2O5S. The lowest BCUT2D eigenvalue weighted by atomic mass is 9.81. The van der Waals surface area contributed by atoms with E-state index in [4.69, 9.17) is 4.74 Å². The Labute approximate surface area is 188 Å². The van der Waals surface area contributed by atoms with Crippen molar-refractivity contribution >= 4 is 27.5 Å². The van der Waals surface area contributed by atoms with Crippen LogP contribution in [0.25, 0.3) is 0 Å². The van der Waals surface area contributed by atoms with Crippen LogP contribution >= 0.6 is 0 Å². The molecule has 4 rings (SSSR count). The highest BCUT2D eigenvalue weighted by atomic mass is 32.2. The maximum absolute atomic E-state index is 13.2. The SMILES string of the molecule is COc1ccc(CN2C(=O)[C@@H]3CCCC[C@H]3C2=O)cc1S(=O)(=O)Nc1cccc(C)c1C. The predicted octanol–water partition coefficient (Wildman–Crippen LogP) is 3.79. The minimum atomic E-state index is -3.96. The first-order chi connectivity index (χ1) is 15.2. The Balaban J connectivity index is 1.63.